The molecule has 0 spiro atoms. The average Bonchev–Trinajstić information content (AvgIpc) is 2.44. The van der Waals surface area contributed by atoms with E-state index >= 15 is 0 Å². The average molecular weight is 372 g/mol. The number of unbranched alkanes of at least 4 members (excludes halogenated alkanes) is 1. The third kappa shape index (κ3) is 9.06. The second-order valence-electron chi connectivity index (χ2n) is 7.98. The highest BCUT2D eigenvalue weighted by Gasteiger charge is 2.32. The second-order valence-corrected chi connectivity index (χ2v) is 7.98. The summed E-state index contributed by atoms with van der Waals surface area (Å²) in [6.45, 7) is 17.7. The number of hydrogen-bond acceptors (Lipinski definition) is 5. The summed E-state index contributed by atoms with van der Waals surface area (Å²) >= 11 is 0. The van der Waals surface area contributed by atoms with Crippen LogP contribution in [0.15, 0.2) is 4.99 Å². The molecule has 0 N–H and O–H groups in total. The van der Waals surface area contributed by atoms with Gasteiger partial charge in [-0.1, -0.05) is 13.3 Å². The van der Waals surface area contributed by atoms with Crippen molar-refractivity contribution in [2.24, 2.45) is 4.99 Å². The van der Waals surface area contributed by atoms with Gasteiger partial charge in [0.1, 0.15) is 11.2 Å². The van der Waals surface area contributed by atoms with Crippen molar-refractivity contribution < 1.29 is 19.1 Å². The van der Waals surface area contributed by atoms with Crippen molar-refractivity contribution in [1.29, 1.82) is 0 Å². The van der Waals surface area contributed by atoms with E-state index in [4.69, 9.17) is 9.47 Å². The summed E-state index contributed by atoms with van der Waals surface area (Å²) in [5.41, 5.74) is -1.27. The Morgan fingerprint density at radius 1 is 0.846 bits per heavy atom. The molecule has 0 atom stereocenters. The van der Waals surface area contributed by atoms with Gasteiger partial charge in [0.05, 0.1) is 0 Å². The van der Waals surface area contributed by atoms with E-state index in [1.54, 1.807) is 20.8 Å². The Kier molecular flexibility index (Phi) is 9.67. The number of carbonyl (C=O) groups excluding carboxylic acids is 2. The molecule has 0 aromatic carbocycles. The Morgan fingerprint density at radius 2 is 1.31 bits per heavy atom. The van der Waals surface area contributed by atoms with Crippen molar-refractivity contribution in [3.63, 3.8) is 0 Å². The largest absolute Gasteiger partial charge is 0.443 e. The smallest absolute Gasteiger partial charge is 0.417 e. The monoisotopic (exact) mass is 371 g/mol. The lowest BCUT2D eigenvalue weighted by Crippen LogP contribution is -2.52. The minimum atomic E-state index is -0.637. The van der Waals surface area contributed by atoms with Gasteiger partial charge in [-0.3, -0.25) is 4.99 Å². The van der Waals surface area contributed by atoms with Crippen LogP contribution in [0.3, 0.4) is 0 Å². The van der Waals surface area contributed by atoms with Gasteiger partial charge in [-0.15, -0.1) is 0 Å². The molecule has 0 unspecified atom stereocenters. The second kappa shape index (κ2) is 10.4. The van der Waals surface area contributed by atoms with Crippen molar-refractivity contribution in [3.05, 3.63) is 0 Å². The lowest BCUT2D eigenvalue weighted by Gasteiger charge is -2.33. The predicted octanol–water partition coefficient (Wildman–Crippen LogP) is 4.66. The molecule has 26 heavy (non-hydrogen) atoms. The maximum Gasteiger partial charge on any atom is 0.417 e. The standard InChI is InChI=1S/C19H37N3O4/c1-10-13-14-22(17(24)26-19(7,8)9)15(20-11-2)21(12-3)16(23)25-18(4,5)6/h10-14H2,1-9H3/b20-15+. The van der Waals surface area contributed by atoms with Crippen LogP contribution in [-0.2, 0) is 9.47 Å². The van der Waals surface area contributed by atoms with Gasteiger partial charge >= 0.3 is 12.2 Å². The molecule has 152 valence electrons. The molecular formula is C19H37N3O4. The lowest BCUT2D eigenvalue weighted by molar-refractivity contribution is 0.0281. The Labute approximate surface area is 158 Å². The third-order valence-corrected chi connectivity index (χ3v) is 3.06. The van der Waals surface area contributed by atoms with E-state index in [2.05, 4.69) is 4.99 Å². The molecule has 0 heterocycles. The molecule has 0 radical (unpaired) electrons. The molecule has 0 bridgehead atoms. The van der Waals surface area contributed by atoms with E-state index in [9.17, 15) is 9.59 Å². The normalized spacial score (nSPS) is 12.6. The van der Waals surface area contributed by atoms with Gasteiger partial charge in [-0.05, 0) is 61.8 Å². The van der Waals surface area contributed by atoms with Gasteiger partial charge in [0.15, 0.2) is 0 Å². The summed E-state index contributed by atoms with van der Waals surface area (Å²) in [5.74, 6) is 0.270. The summed E-state index contributed by atoms with van der Waals surface area (Å²) in [5, 5.41) is 0. The molecule has 0 fully saturated rings. The van der Waals surface area contributed by atoms with Crippen molar-refractivity contribution in [2.45, 2.75) is 86.4 Å². The Bertz CT molecular complexity index is 490. The van der Waals surface area contributed by atoms with Gasteiger partial charge in [0.25, 0.3) is 0 Å². The van der Waals surface area contributed by atoms with Crippen LogP contribution in [0.25, 0.3) is 0 Å². The lowest BCUT2D eigenvalue weighted by atomic mass is 10.2. The first-order chi connectivity index (χ1) is 11.9. The fourth-order valence-electron chi connectivity index (χ4n) is 2.03. The van der Waals surface area contributed by atoms with Crippen LogP contribution in [0.4, 0.5) is 9.59 Å². The number of ether oxygens (including phenoxy) is 2. The van der Waals surface area contributed by atoms with Crippen molar-refractivity contribution in [2.75, 3.05) is 19.6 Å². The molecule has 0 aromatic rings. The van der Waals surface area contributed by atoms with Crippen LogP contribution in [0.1, 0.15) is 75.2 Å². The third-order valence-electron chi connectivity index (χ3n) is 3.06. The fraction of sp³-hybridized carbons (Fsp3) is 0.842. The summed E-state index contributed by atoms with van der Waals surface area (Å²) in [7, 11) is 0. The van der Waals surface area contributed by atoms with E-state index in [-0.39, 0.29) is 5.96 Å². The molecule has 0 aromatic heterocycles. The quantitative estimate of drug-likeness (QED) is 0.521. The summed E-state index contributed by atoms with van der Waals surface area (Å²) < 4.78 is 11.0. The zero-order valence-electron chi connectivity index (χ0n) is 18.0. The molecular weight excluding hydrogens is 334 g/mol. The highest BCUT2D eigenvalue weighted by molar-refractivity contribution is 6.01. The SMILES string of the molecule is CCCCN(C(=O)OC(C)(C)C)/C(=N/CC)N(CC)C(=O)OC(C)(C)C. The highest BCUT2D eigenvalue weighted by Crippen LogP contribution is 2.15. The molecule has 0 saturated heterocycles. The molecule has 0 saturated carbocycles. The molecule has 7 heteroatoms. The summed E-state index contributed by atoms with van der Waals surface area (Å²) in [4.78, 5) is 32.6. The maximum atomic E-state index is 12.8. The number of aliphatic imine (C=N–C) groups is 1. The first-order valence-corrected chi connectivity index (χ1v) is 9.41. The van der Waals surface area contributed by atoms with Crippen molar-refractivity contribution >= 4 is 18.1 Å². The number of nitrogens with zero attached hydrogens (tertiary/aromatic N) is 3. The van der Waals surface area contributed by atoms with E-state index in [0.29, 0.717) is 19.6 Å². The van der Waals surface area contributed by atoms with Crippen LogP contribution in [0.5, 0.6) is 0 Å². The maximum absolute atomic E-state index is 12.8. The van der Waals surface area contributed by atoms with Gasteiger partial charge in [-0.25, -0.2) is 19.4 Å². The number of guanidine groups is 1. The van der Waals surface area contributed by atoms with Crippen LogP contribution < -0.4 is 0 Å². The fourth-order valence-corrected chi connectivity index (χ4v) is 2.03. The predicted molar refractivity (Wildman–Crippen MR) is 104 cm³/mol. The first-order valence-electron chi connectivity index (χ1n) is 9.41. The zero-order chi connectivity index (χ0) is 20.5. The highest BCUT2D eigenvalue weighted by atomic mass is 16.6. The summed E-state index contributed by atoms with van der Waals surface area (Å²) in [6.07, 6.45) is 0.628. The van der Waals surface area contributed by atoms with Gasteiger partial charge in [-0.2, -0.15) is 0 Å². The van der Waals surface area contributed by atoms with Crippen molar-refractivity contribution in [1.82, 2.24) is 9.80 Å². The summed E-state index contributed by atoms with van der Waals surface area (Å²) in [6, 6.07) is 0. The number of amides is 2. The molecule has 0 aliphatic carbocycles. The minimum Gasteiger partial charge on any atom is -0.443 e. The van der Waals surface area contributed by atoms with Gasteiger partial charge in [0.2, 0.25) is 5.96 Å². The van der Waals surface area contributed by atoms with E-state index < -0.39 is 23.4 Å². The van der Waals surface area contributed by atoms with E-state index in [0.717, 1.165) is 12.8 Å². The first kappa shape index (κ1) is 24.2. The van der Waals surface area contributed by atoms with Gasteiger partial charge < -0.3 is 9.47 Å². The Morgan fingerprint density at radius 3 is 1.65 bits per heavy atom. The molecule has 7 nitrogen and oxygen atoms in total. The van der Waals surface area contributed by atoms with Crippen molar-refractivity contribution in [3.8, 4) is 0 Å². The zero-order valence-corrected chi connectivity index (χ0v) is 18.0. The number of rotatable bonds is 5. The van der Waals surface area contributed by atoms with E-state index in [1.165, 1.54) is 9.80 Å². The molecule has 0 aliphatic rings. The number of carbonyl (C=O) groups is 2. The van der Waals surface area contributed by atoms with Gasteiger partial charge in [0, 0.05) is 19.6 Å². The number of hydrogen-bond donors (Lipinski definition) is 0. The molecule has 0 aliphatic heterocycles. The van der Waals surface area contributed by atoms with E-state index in [1.807, 2.05) is 41.5 Å². The van der Waals surface area contributed by atoms with Crippen LogP contribution in [-0.4, -0.2) is 58.8 Å². The van der Waals surface area contributed by atoms with Crippen LogP contribution >= 0.6 is 0 Å². The molecule has 2 amide bonds. The topological polar surface area (TPSA) is 71.4 Å². The minimum absolute atomic E-state index is 0.270. The molecule has 0 rings (SSSR count). The van der Waals surface area contributed by atoms with Crippen LogP contribution in [0.2, 0.25) is 0 Å². The Balaban J connectivity index is 5.77. The van der Waals surface area contributed by atoms with Crippen LogP contribution in [0, 0.1) is 0 Å². The Hall–Kier alpha value is -1.79.